The topological polar surface area (TPSA) is 61.3 Å². The van der Waals surface area contributed by atoms with Gasteiger partial charge in [-0.25, -0.2) is 9.97 Å². The van der Waals surface area contributed by atoms with Gasteiger partial charge in [0.2, 0.25) is 0 Å². The normalized spacial score (nSPS) is 31.9. The molecule has 3 saturated carbocycles. The number of nitrogens with zero attached hydrogens (tertiary/aromatic N) is 2. The number of ether oxygens (including phenoxy) is 2. The lowest BCUT2D eigenvalue weighted by Gasteiger charge is -2.50. The molecule has 108 valence electrons. The molecule has 0 atom stereocenters. The third-order valence-electron chi connectivity index (χ3n) is 4.70. The predicted molar refractivity (Wildman–Crippen MR) is 75.2 cm³/mol. The lowest BCUT2D eigenvalue weighted by molar-refractivity contribution is -0.166. The minimum absolute atomic E-state index is 0.0642. The number of carbonyl (C=O) groups is 1. The molecular formula is C14H17BrN2O3. The molecule has 3 aliphatic carbocycles. The van der Waals surface area contributed by atoms with Crippen LogP contribution in [0.1, 0.15) is 38.5 Å². The Morgan fingerprint density at radius 2 is 1.70 bits per heavy atom. The molecule has 0 spiro atoms. The monoisotopic (exact) mass is 340 g/mol. The van der Waals surface area contributed by atoms with Crippen LogP contribution in [-0.2, 0) is 9.53 Å². The van der Waals surface area contributed by atoms with Crippen molar-refractivity contribution in [1.82, 2.24) is 9.97 Å². The van der Waals surface area contributed by atoms with Crippen molar-refractivity contribution in [3.05, 3.63) is 16.9 Å². The summed E-state index contributed by atoms with van der Waals surface area (Å²) in [6, 6.07) is 0.417. The Bertz CT molecular complexity index is 493. The first-order valence-electron chi connectivity index (χ1n) is 6.83. The molecule has 20 heavy (non-hydrogen) atoms. The zero-order chi connectivity index (χ0) is 14.2. The van der Waals surface area contributed by atoms with E-state index in [4.69, 9.17) is 9.47 Å². The highest BCUT2D eigenvalue weighted by Gasteiger charge is 2.54. The highest BCUT2D eigenvalue weighted by atomic mass is 79.9. The average Bonchev–Trinajstić information content (AvgIpc) is 2.50. The van der Waals surface area contributed by atoms with Crippen LogP contribution in [-0.4, -0.2) is 28.6 Å². The molecule has 0 unspecified atom stereocenters. The van der Waals surface area contributed by atoms with Gasteiger partial charge in [0.25, 0.3) is 0 Å². The summed E-state index contributed by atoms with van der Waals surface area (Å²) in [6.45, 7) is 0. The van der Waals surface area contributed by atoms with Gasteiger partial charge in [0, 0.05) is 12.4 Å². The van der Waals surface area contributed by atoms with Crippen molar-refractivity contribution in [3.63, 3.8) is 0 Å². The van der Waals surface area contributed by atoms with Gasteiger partial charge in [0.1, 0.15) is 5.60 Å². The Labute approximate surface area is 126 Å². The number of hydrogen-bond acceptors (Lipinski definition) is 5. The molecule has 1 heterocycles. The van der Waals surface area contributed by atoms with E-state index in [-0.39, 0.29) is 17.0 Å². The minimum atomic E-state index is -0.277. The Kier molecular flexibility index (Phi) is 3.44. The van der Waals surface area contributed by atoms with Crippen LogP contribution >= 0.6 is 15.9 Å². The zero-order valence-electron chi connectivity index (χ0n) is 11.4. The van der Waals surface area contributed by atoms with E-state index in [0.717, 1.165) is 43.0 Å². The van der Waals surface area contributed by atoms with Gasteiger partial charge in [-0.1, -0.05) is 0 Å². The third kappa shape index (κ3) is 2.30. The summed E-state index contributed by atoms with van der Waals surface area (Å²) in [5.41, 5.74) is -0.482. The highest BCUT2D eigenvalue weighted by molar-refractivity contribution is 9.10. The molecule has 1 aromatic heterocycles. The smallest absolute Gasteiger partial charge is 0.316 e. The number of aromatic nitrogens is 2. The number of rotatable bonds is 3. The molecule has 0 amide bonds. The van der Waals surface area contributed by atoms with E-state index in [1.54, 1.807) is 12.4 Å². The molecule has 5 nitrogen and oxygen atoms in total. The second-order valence-electron chi connectivity index (χ2n) is 5.74. The van der Waals surface area contributed by atoms with Gasteiger partial charge in [-0.05, 0) is 54.5 Å². The van der Waals surface area contributed by atoms with Crippen molar-refractivity contribution in [2.75, 3.05) is 7.11 Å². The molecule has 0 aromatic carbocycles. The highest BCUT2D eigenvalue weighted by Crippen LogP contribution is 2.54. The van der Waals surface area contributed by atoms with Gasteiger partial charge >= 0.3 is 12.0 Å². The molecule has 0 aliphatic heterocycles. The third-order valence-corrected chi connectivity index (χ3v) is 5.11. The molecule has 3 aliphatic rings. The number of halogens is 1. The van der Waals surface area contributed by atoms with Gasteiger partial charge in [-0.15, -0.1) is 0 Å². The van der Waals surface area contributed by atoms with Gasteiger partial charge in [0.05, 0.1) is 17.0 Å². The SMILES string of the molecule is COC(=O)C12CCC(Oc3ncc(Br)cn3)(CC1)CC2. The summed E-state index contributed by atoms with van der Waals surface area (Å²) in [5, 5.41) is 0. The maximum Gasteiger partial charge on any atom is 0.316 e. The summed E-state index contributed by atoms with van der Waals surface area (Å²) in [7, 11) is 1.47. The Morgan fingerprint density at radius 1 is 1.15 bits per heavy atom. The molecule has 2 bridgehead atoms. The van der Waals surface area contributed by atoms with Crippen LogP contribution in [0.2, 0.25) is 0 Å². The van der Waals surface area contributed by atoms with E-state index < -0.39 is 0 Å². The van der Waals surface area contributed by atoms with Crippen molar-refractivity contribution in [3.8, 4) is 6.01 Å². The van der Waals surface area contributed by atoms with E-state index in [1.165, 1.54) is 7.11 Å². The van der Waals surface area contributed by atoms with Crippen LogP contribution in [0.4, 0.5) is 0 Å². The van der Waals surface area contributed by atoms with Crippen LogP contribution in [0.3, 0.4) is 0 Å². The van der Waals surface area contributed by atoms with Gasteiger partial charge in [-0.2, -0.15) is 0 Å². The summed E-state index contributed by atoms with van der Waals surface area (Å²) >= 11 is 3.31. The largest absolute Gasteiger partial charge is 0.469 e. The minimum Gasteiger partial charge on any atom is -0.469 e. The number of methoxy groups -OCH3 is 1. The van der Waals surface area contributed by atoms with Gasteiger partial charge < -0.3 is 9.47 Å². The maximum atomic E-state index is 12.0. The van der Waals surface area contributed by atoms with E-state index >= 15 is 0 Å². The average molecular weight is 341 g/mol. The first-order valence-corrected chi connectivity index (χ1v) is 7.62. The van der Waals surface area contributed by atoms with E-state index in [0.29, 0.717) is 6.01 Å². The quantitative estimate of drug-likeness (QED) is 0.791. The summed E-state index contributed by atoms with van der Waals surface area (Å²) in [4.78, 5) is 20.3. The summed E-state index contributed by atoms with van der Waals surface area (Å²) in [6.07, 6.45) is 8.44. The molecule has 0 radical (unpaired) electrons. The summed E-state index contributed by atoms with van der Waals surface area (Å²) < 4.78 is 11.8. The number of esters is 1. The molecule has 0 N–H and O–H groups in total. The van der Waals surface area contributed by atoms with Crippen molar-refractivity contribution in [1.29, 1.82) is 0 Å². The molecule has 4 rings (SSSR count). The fraction of sp³-hybridized carbons (Fsp3) is 0.643. The van der Waals surface area contributed by atoms with Crippen molar-refractivity contribution >= 4 is 21.9 Å². The first-order chi connectivity index (χ1) is 9.57. The lowest BCUT2D eigenvalue weighted by Crippen LogP contribution is -2.52. The molecule has 1 aromatic rings. The van der Waals surface area contributed by atoms with E-state index in [9.17, 15) is 4.79 Å². The van der Waals surface area contributed by atoms with Crippen molar-refractivity contribution in [2.24, 2.45) is 5.41 Å². The Balaban J connectivity index is 1.72. The predicted octanol–water partition coefficient (Wildman–Crippen LogP) is 2.88. The standard InChI is InChI=1S/C14H17BrN2O3/c1-19-11(18)13-2-5-14(6-3-13,7-4-13)20-12-16-8-10(15)9-17-12/h8-9H,2-7H2,1H3. The lowest BCUT2D eigenvalue weighted by atomic mass is 9.58. The van der Waals surface area contributed by atoms with Crippen LogP contribution in [0, 0.1) is 5.41 Å². The zero-order valence-corrected chi connectivity index (χ0v) is 13.0. The van der Waals surface area contributed by atoms with Crippen molar-refractivity contribution in [2.45, 2.75) is 44.1 Å². The fourth-order valence-corrected chi connectivity index (χ4v) is 3.58. The Morgan fingerprint density at radius 3 is 2.20 bits per heavy atom. The second kappa shape index (κ2) is 4.98. The van der Waals surface area contributed by atoms with Gasteiger partial charge in [-0.3, -0.25) is 4.79 Å². The van der Waals surface area contributed by atoms with E-state index in [2.05, 4.69) is 25.9 Å². The molecular weight excluding hydrogens is 324 g/mol. The number of fused-ring (bicyclic) bond motifs is 3. The summed E-state index contributed by atoms with van der Waals surface area (Å²) in [5.74, 6) is -0.0642. The van der Waals surface area contributed by atoms with Crippen LogP contribution < -0.4 is 4.74 Å². The fourth-order valence-electron chi connectivity index (χ4n) is 3.37. The molecule has 3 fully saturated rings. The molecule has 6 heteroatoms. The number of hydrogen-bond donors (Lipinski definition) is 0. The number of carbonyl (C=O) groups excluding carboxylic acids is 1. The van der Waals surface area contributed by atoms with Crippen molar-refractivity contribution < 1.29 is 14.3 Å². The molecule has 0 saturated heterocycles. The Hall–Kier alpha value is -1.17. The van der Waals surface area contributed by atoms with E-state index in [1.807, 2.05) is 0 Å². The van der Waals surface area contributed by atoms with Gasteiger partial charge in [0.15, 0.2) is 0 Å². The van der Waals surface area contributed by atoms with Crippen LogP contribution in [0.5, 0.6) is 6.01 Å². The maximum absolute atomic E-state index is 12.0. The van der Waals surface area contributed by atoms with Crippen LogP contribution in [0.25, 0.3) is 0 Å². The second-order valence-corrected chi connectivity index (χ2v) is 6.66. The first kappa shape index (κ1) is 13.8. The van der Waals surface area contributed by atoms with Crippen LogP contribution in [0.15, 0.2) is 16.9 Å².